The van der Waals surface area contributed by atoms with E-state index < -0.39 is 13.2 Å². The van der Waals surface area contributed by atoms with Gasteiger partial charge in [-0.3, -0.25) is 9.59 Å². The van der Waals surface area contributed by atoms with E-state index >= 15 is 0 Å². The quantitative estimate of drug-likeness (QED) is 0.209. The Balaban J connectivity index is 0.00000380. The minimum Gasteiger partial charge on any atom is -1.00 e. The molecule has 4 aromatic rings. The van der Waals surface area contributed by atoms with Crippen LogP contribution in [-0.2, 0) is 4.79 Å². The van der Waals surface area contributed by atoms with Crippen molar-refractivity contribution in [2.75, 3.05) is 6.16 Å². The number of benzene rings is 4. The van der Waals surface area contributed by atoms with E-state index in [0.717, 1.165) is 12.6 Å². The van der Waals surface area contributed by atoms with Crippen molar-refractivity contribution in [2.24, 2.45) is 5.92 Å². The summed E-state index contributed by atoms with van der Waals surface area (Å²) in [5, 5.41) is 13.5. The summed E-state index contributed by atoms with van der Waals surface area (Å²) in [7, 11) is -2.03. The number of ketones is 1. The standard InChI is InChI=1S/C32H31O3P.BrH/c33-31(27-13-5-1-6-14-27)22-21-26(25-32(34)35)23-24-36(28-15-7-2-8-16-28,29-17-9-3-10-18-29)30-19-11-4-12-20-30;/h1-20,26H,21-25H2;1H/t26-;/m0./s1. The third-order valence-electron chi connectivity index (χ3n) is 6.80. The van der Waals surface area contributed by atoms with Crippen molar-refractivity contribution in [3.05, 3.63) is 127 Å². The Hall–Kier alpha value is -3.07. The second kappa shape index (κ2) is 14.0. The van der Waals surface area contributed by atoms with Gasteiger partial charge in [-0.2, -0.15) is 0 Å². The molecule has 0 heterocycles. The first-order chi connectivity index (χ1) is 17.6. The number of aliphatic carboxylic acids is 1. The lowest BCUT2D eigenvalue weighted by Gasteiger charge is -2.29. The second-order valence-corrected chi connectivity index (χ2v) is 12.7. The number of rotatable bonds is 12. The number of carboxylic acids is 1. The molecule has 0 fully saturated rings. The normalized spacial score (nSPS) is 11.8. The van der Waals surface area contributed by atoms with Crippen molar-refractivity contribution in [3.8, 4) is 0 Å². The smallest absolute Gasteiger partial charge is 0.303 e. The predicted molar refractivity (Wildman–Crippen MR) is 150 cm³/mol. The predicted octanol–water partition coefficient (Wildman–Crippen LogP) is 3.13. The molecule has 0 saturated carbocycles. The van der Waals surface area contributed by atoms with Crippen molar-refractivity contribution in [2.45, 2.75) is 25.7 Å². The molecule has 0 bridgehead atoms. The summed E-state index contributed by atoms with van der Waals surface area (Å²) in [5.41, 5.74) is 0.686. The number of hydrogen-bond acceptors (Lipinski definition) is 2. The van der Waals surface area contributed by atoms with E-state index in [1.807, 2.05) is 48.5 Å². The third kappa shape index (κ3) is 7.25. The number of hydrogen-bond donors (Lipinski definition) is 1. The summed E-state index contributed by atoms with van der Waals surface area (Å²) in [5.74, 6) is -0.817. The van der Waals surface area contributed by atoms with Crippen LogP contribution in [-0.4, -0.2) is 23.0 Å². The van der Waals surface area contributed by atoms with Gasteiger partial charge in [0.05, 0.1) is 6.16 Å². The lowest BCUT2D eigenvalue weighted by atomic mass is 9.94. The summed E-state index contributed by atoms with van der Waals surface area (Å²) in [6.45, 7) is 0. The average Bonchev–Trinajstić information content (AvgIpc) is 2.93. The summed E-state index contributed by atoms with van der Waals surface area (Å²) in [6.07, 6.45) is 2.58. The molecule has 5 heteroatoms. The molecule has 0 unspecified atom stereocenters. The SMILES string of the molecule is O=C(O)C[C@@H](CCC(=O)c1ccccc1)CC[P+](c1ccccc1)(c1ccccc1)c1ccccc1.[Br-]. The zero-order valence-corrected chi connectivity index (χ0v) is 23.2. The minimum atomic E-state index is -2.03. The Kier molecular flexibility index (Phi) is 10.8. The van der Waals surface area contributed by atoms with Crippen LogP contribution < -0.4 is 32.9 Å². The number of carbonyl (C=O) groups excluding carboxylic acids is 1. The van der Waals surface area contributed by atoms with Gasteiger partial charge >= 0.3 is 5.97 Å². The largest absolute Gasteiger partial charge is 1.00 e. The summed E-state index contributed by atoms with van der Waals surface area (Å²) >= 11 is 0. The first kappa shape index (κ1) is 28.5. The van der Waals surface area contributed by atoms with Crippen LogP contribution in [0.4, 0.5) is 0 Å². The molecule has 0 aromatic heterocycles. The van der Waals surface area contributed by atoms with Crippen LogP contribution in [0.5, 0.6) is 0 Å². The van der Waals surface area contributed by atoms with Crippen LogP contribution in [0.2, 0.25) is 0 Å². The molecular weight excluding hydrogens is 543 g/mol. The highest BCUT2D eigenvalue weighted by Crippen LogP contribution is 2.56. The van der Waals surface area contributed by atoms with Crippen LogP contribution in [0, 0.1) is 5.92 Å². The molecule has 4 rings (SSSR count). The molecule has 3 nitrogen and oxygen atoms in total. The Bertz CT molecular complexity index is 1150. The van der Waals surface area contributed by atoms with Crippen molar-refractivity contribution in [1.29, 1.82) is 0 Å². The molecule has 0 aliphatic heterocycles. The van der Waals surface area contributed by atoms with Crippen LogP contribution in [0.3, 0.4) is 0 Å². The van der Waals surface area contributed by atoms with Crippen molar-refractivity contribution in [1.82, 2.24) is 0 Å². The maximum absolute atomic E-state index is 12.8. The summed E-state index contributed by atoms with van der Waals surface area (Å²) in [4.78, 5) is 24.5. The van der Waals surface area contributed by atoms with E-state index in [9.17, 15) is 14.7 Å². The highest BCUT2D eigenvalue weighted by molar-refractivity contribution is 7.95. The lowest BCUT2D eigenvalue weighted by Crippen LogP contribution is -3.00. The van der Waals surface area contributed by atoms with Gasteiger partial charge in [-0.1, -0.05) is 84.9 Å². The third-order valence-corrected chi connectivity index (χ3v) is 11.3. The van der Waals surface area contributed by atoms with Gasteiger partial charge in [0, 0.05) is 18.4 Å². The van der Waals surface area contributed by atoms with Crippen LogP contribution >= 0.6 is 7.26 Å². The van der Waals surface area contributed by atoms with E-state index in [4.69, 9.17) is 0 Å². The van der Waals surface area contributed by atoms with Crippen molar-refractivity contribution >= 4 is 34.9 Å². The van der Waals surface area contributed by atoms with Gasteiger partial charge in [-0.25, -0.2) is 0 Å². The molecule has 0 amide bonds. The molecule has 37 heavy (non-hydrogen) atoms. The number of carboxylic acid groups (broad SMARTS) is 1. The van der Waals surface area contributed by atoms with E-state index in [-0.39, 0.29) is 35.1 Å². The zero-order chi connectivity index (χ0) is 25.2. The van der Waals surface area contributed by atoms with Crippen LogP contribution in [0.15, 0.2) is 121 Å². The molecule has 0 spiro atoms. The number of halogens is 1. The van der Waals surface area contributed by atoms with Gasteiger partial charge in [0.1, 0.15) is 23.2 Å². The minimum absolute atomic E-state index is 0. The Morgan fingerprint density at radius 1 is 0.622 bits per heavy atom. The van der Waals surface area contributed by atoms with Crippen LogP contribution in [0.1, 0.15) is 36.0 Å². The van der Waals surface area contributed by atoms with Crippen molar-refractivity contribution < 1.29 is 31.7 Å². The molecule has 0 aliphatic carbocycles. The maximum Gasteiger partial charge on any atom is 0.303 e. The summed E-state index contributed by atoms with van der Waals surface area (Å²) in [6, 6.07) is 41.1. The summed E-state index contributed by atoms with van der Waals surface area (Å²) < 4.78 is 0. The van der Waals surface area contributed by atoms with Crippen LogP contribution in [0.25, 0.3) is 0 Å². The molecule has 1 atom stereocenters. The maximum atomic E-state index is 12.8. The van der Waals surface area contributed by atoms with E-state index in [1.165, 1.54) is 15.9 Å². The van der Waals surface area contributed by atoms with Crippen molar-refractivity contribution in [3.63, 3.8) is 0 Å². The molecule has 190 valence electrons. The van der Waals surface area contributed by atoms with Gasteiger partial charge in [0.25, 0.3) is 0 Å². The van der Waals surface area contributed by atoms with Gasteiger partial charge < -0.3 is 22.1 Å². The van der Waals surface area contributed by atoms with E-state index in [1.54, 1.807) is 0 Å². The molecule has 0 saturated heterocycles. The van der Waals surface area contributed by atoms with E-state index in [2.05, 4.69) is 72.8 Å². The molecule has 4 aromatic carbocycles. The Labute approximate surface area is 230 Å². The molecule has 0 aliphatic rings. The fraction of sp³-hybridized carbons (Fsp3) is 0.188. The Morgan fingerprint density at radius 3 is 1.43 bits per heavy atom. The zero-order valence-electron chi connectivity index (χ0n) is 20.7. The first-order valence-corrected chi connectivity index (χ1v) is 14.4. The molecule has 0 radical (unpaired) electrons. The second-order valence-electron chi connectivity index (χ2n) is 9.12. The lowest BCUT2D eigenvalue weighted by molar-refractivity contribution is -0.138. The average molecular weight is 575 g/mol. The first-order valence-electron chi connectivity index (χ1n) is 12.4. The molecule has 1 N–H and O–H groups in total. The fourth-order valence-corrected chi connectivity index (χ4v) is 9.42. The highest BCUT2D eigenvalue weighted by atomic mass is 79.9. The monoisotopic (exact) mass is 574 g/mol. The van der Waals surface area contributed by atoms with Gasteiger partial charge in [0.15, 0.2) is 5.78 Å². The molecular formula is C32H32BrO3P. The topological polar surface area (TPSA) is 54.4 Å². The highest BCUT2D eigenvalue weighted by Gasteiger charge is 2.45. The van der Waals surface area contributed by atoms with Gasteiger partial charge in [-0.15, -0.1) is 0 Å². The van der Waals surface area contributed by atoms with Gasteiger partial charge in [-0.05, 0) is 55.2 Å². The number of Topliss-reactive ketones (excluding diaryl/α,β-unsaturated/α-hetero) is 1. The van der Waals surface area contributed by atoms with Gasteiger partial charge in [0.2, 0.25) is 0 Å². The Morgan fingerprint density at radius 2 is 1.03 bits per heavy atom. The fourth-order valence-electron chi connectivity index (χ4n) is 4.96. The van der Waals surface area contributed by atoms with E-state index in [0.29, 0.717) is 18.4 Å². The number of carbonyl (C=O) groups is 2.